The summed E-state index contributed by atoms with van der Waals surface area (Å²) in [5.74, 6) is 0.431. The Balaban J connectivity index is 2.75. The average molecular weight is 316 g/mol. The van der Waals surface area contributed by atoms with Gasteiger partial charge in [-0.25, -0.2) is 4.39 Å². The van der Waals surface area contributed by atoms with E-state index in [0.717, 1.165) is 30.3 Å². The second-order valence-electron chi connectivity index (χ2n) is 4.89. The molecule has 0 aliphatic carbocycles. The molecule has 3 heteroatoms. The summed E-state index contributed by atoms with van der Waals surface area (Å²) in [5.41, 5.74) is 1.17. The summed E-state index contributed by atoms with van der Waals surface area (Å²) in [4.78, 5) is 0. The zero-order chi connectivity index (χ0) is 13.5. The van der Waals surface area contributed by atoms with E-state index in [2.05, 4.69) is 42.0 Å². The second-order valence-corrected chi connectivity index (χ2v) is 5.74. The molecule has 0 fully saturated rings. The van der Waals surface area contributed by atoms with Gasteiger partial charge in [-0.15, -0.1) is 0 Å². The SMILES string of the molecule is CCCNC(Cc1ccc(F)cc1Br)C(C)CC. The first kappa shape index (κ1) is 15.6. The molecule has 1 aromatic carbocycles. The Kier molecular flexibility index (Phi) is 6.87. The van der Waals surface area contributed by atoms with Crippen molar-refractivity contribution in [2.45, 2.75) is 46.1 Å². The molecule has 1 aromatic rings. The first-order chi connectivity index (χ1) is 8.58. The van der Waals surface area contributed by atoms with E-state index in [-0.39, 0.29) is 5.82 Å². The predicted molar refractivity (Wildman–Crippen MR) is 79.3 cm³/mol. The molecule has 0 heterocycles. The fraction of sp³-hybridized carbons (Fsp3) is 0.600. The van der Waals surface area contributed by atoms with Crippen LogP contribution in [0, 0.1) is 11.7 Å². The zero-order valence-electron chi connectivity index (χ0n) is 11.5. The monoisotopic (exact) mass is 315 g/mol. The summed E-state index contributed by atoms with van der Waals surface area (Å²) in [6, 6.07) is 5.41. The smallest absolute Gasteiger partial charge is 0.124 e. The van der Waals surface area contributed by atoms with Gasteiger partial charge in [0.15, 0.2) is 0 Å². The molecule has 0 aromatic heterocycles. The van der Waals surface area contributed by atoms with Crippen molar-refractivity contribution in [2.24, 2.45) is 5.92 Å². The van der Waals surface area contributed by atoms with Crippen molar-refractivity contribution < 1.29 is 4.39 Å². The molecule has 18 heavy (non-hydrogen) atoms. The van der Waals surface area contributed by atoms with Gasteiger partial charge in [-0.2, -0.15) is 0 Å². The first-order valence-corrected chi connectivity index (χ1v) is 7.55. The fourth-order valence-corrected chi connectivity index (χ4v) is 2.53. The Labute approximate surface area is 118 Å². The summed E-state index contributed by atoms with van der Waals surface area (Å²) in [6.07, 6.45) is 3.23. The standard InChI is InChI=1S/C15H23BrFN/c1-4-8-18-15(11(3)5-2)9-12-6-7-13(17)10-14(12)16/h6-7,10-11,15,18H,4-5,8-9H2,1-3H3. The van der Waals surface area contributed by atoms with E-state index >= 15 is 0 Å². The molecule has 0 bridgehead atoms. The van der Waals surface area contributed by atoms with Gasteiger partial charge >= 0.3 is 0 Å². The summed E-state index contributed by atoms with van der Waals surface area (Å²) in [5, 5.41) is 3.60. The molecule has 0 spiro atoms. The molecule has 0 aliphatic rings. The number of halogens is 2. The molecule has 2 atom stereocenters. The van der Waals surface area contributed by atoms with Gasteiger partial charge in [0.1, 0.15) is 5.82 Å². The van der Waals surface area contributed by atoms with Crippen LogP contribution in [0.25, 0.3) is 0 Å². The molecule has 0 radical (unpaired) electrons. The van der Waals surface area contributed by atoms with Crippen LogP contribution in [0.15, 0.2) is 22.7 Å². The van der Waals surface area contributed by atoms with Crippen LogP contribution in [-0.2, 0) is 6.42 Å². The maximum Gasteiger partial charge on any atom is 0.124 e. The van der Waals surface area contributed by atoms with Crippen LogP contribution in [0.3, 0.4) is 0 Å². The largest absolute Gasteiger partial charge is 0.313 e. The lowest BCUT2D eigenvalue weighted by molar-refractivity contribution is 0.364. The highest BCUT2D eigenvalue weighted by atomic mass is 79.9. The van der Waals surface area contributed by atoms with E-state index in [4.69, 9.17) is 0 Å². The maximum atomic E-state index is 13.1. The Hall–Kier alpha value is -0.410. The van der Waals surface area contributed by atoms with E-state index < -0.39 is 0 Å². The van der Waals surface area contributed by atoms with Crippen LogP contribution in [-0.4, -0.2) is 12.6 Å². The predicted octanol–water partition coefficient (Wildman–Crippen LogP) is 4.55. The molecular weight excluding hydrogens is 293 g/mol. The Bertz CT molecular complexity index is 368. The maximum absolute atomic E-state index is 13.1. The van der Waals surface area contributed by atoms with Crippen LogP contribution in [0.1, 0.15) is 39.2 Å². The Morgan fingerprint density at radius 3 is 2.61 bits per heavy atom. The third kappa shape index (κ3) is 4.69. The van der Waals surface area contributed by atoms with E-state index in [0.29, 0.717) is 12.0 Å². The van der Waals surface area contributed by atoms with E-state index in [1.54, 1.807) is 6.07 Å². The molecule has 102 valence electrons. The number of hydrogen-bond donors (Lipinski definition) is 1. The summed E-state index contributed by atoms with van der Waals surface area (Å²) in [7, 11) is 0. The highest BCUT2D eigenvalue weighted by Crippen LogP contribution is 2.22. The molecule has 0 amide bonds. The minimum atomic E-state index is -0.188. The van der Waals surface area contributed by atoms with Crippen LogP contribution in [0.5, 0.6) is 0 Å². The van der Waals surface area contributed by atoms with Crippen LogP contribution in [0.4, 0.5) is 4.39 Å². The van der Waals surface area contributed by atoms with Crippen LogP contribution < -0.4 is 5.32 Å². The highest BCUT2D eigenvalue weighted by molar-refractivity contribution is 9.10. The number of benzene rings is 1. The highest BCUT2D eigenvalue weighted by Gasteiger charge is 2.16. The van der Waals surface area contributed by atoms with Gasteiger partial charge in [0.2, 0.25) is 0 Å². The van der Waals surface area contributed by atoms with Gasteiger partial charge in [-0.05, 0) is 43.0 Å². The lowest BCUT2D eigenvalue weighted by Gasteiger charge is -2.25. The van der Waals surface area contributed by atoms with Crippen molar-refractivity contribution >= 4 is 15.9 Å². The Morgan fingerprint density at radius 2 is 2.06 bits per heavy atom. The van der Waals surface area contributed by atoms with E-state index in [1.165, 1.54) is 11.6 Å². The summed E-state index contributed by atoms with van der Waals surface area (Å²) in [6.45, 7) is 7.69. The van der Waals surface area contributed by atoms with E-state index in [1.807, 2.05) is 6.07 Å². The Morgan fingerprint density at radius 1 is 1.33 bits per heavy atom. The van der Waals surface area contributed by atoms with E-state index in [9.17, 15) is 4.39 Å². The third-order valence-corrected chi connectivity index (χ3v) is 4.18. The molecule has 1 rings (SSSR count). The van der Waals surface area contributed by atoms with Crippen molar-refractivity contribution in [3.63, 3.8) is 0 Å². The minimum absolute atomic E-state index is 0.188. The molecule has 2 unspecified atom stereocenters. The van der Waals surface area contributed by atoms with Gasteiger partial charge in [0.25, 0.3) is 0 Å². The quantitative estimate of drug-likeness (QED) is 0.778. The normalized spacial score (nSPS) is 14.5. The zero-order valence-corrected chi connectivity index (χ0v) is 13.1. The number of hydrogen-bond acceptors (Lipinski definition) is 1. The van der Waals surface area contributed by atoms with Crippen molar-refractivity contribution in [3.8, 4) is 0 Å². The lowest BCUT2D eigenvalue weighted by atomic mass is 9.93. The second kappa shape index (κ2) is 7.90. The lowest BCUT2D eigenvalue weighted by Crippen LogP contribution is -2.37. The van der Waals surface area contributed by atoms with Crippen molar-refractivity contribution in [1.82, 2.24) is 5.32 Å². The summed E-state index contributed by atoms with van der Waals surface area (Å²) < 4.78 is 13.9. The summed E-state index contributed by atoms with van der Waals surface area (Å²) >= 11 is 3.45. The van der Waals surface area contributed by atoms with Crippen LogP contribution in [0.2, 0.25) is 0 Å². The van der Waals surface area contributed by atoms with Crippen LogP contribution >= 0.6 is 15.9 Å². The van der Waals surface area contributed by atoms with Gasteiger partial charge in [-0.1, -0.05) is 49.2 Å². The number of rotatable bonds is 7. The molecular formula is C15H23BrFN. The topological polar surface area (TPSA) is 12.0 Å². The van der Waals surface area contributed by atoms with Gasteiger partial charge in [0, 0.05) is 10.5 Å². The van der Waals surface area contributed by atoms with Gasteiger partial charge in [0.05, 0.1) is 0 Å². The van der Waals surface area contributed by atoms with Crippen molar-refractivity contribution in [3.05, 3.63) is 34.1 Å². The van der Waals surface area contributed by atoms with Crippen molar-refractivity contribution in [2.75, 3.05) is 6.54 Å². The molecule has 0 saturated heterocycles. The molecule has 0 aliphatic heterocycles. The minimum Gasteiger partial charge on any atom is -0.313 e. The fourth-order valence-electron chi connectivity index (χ4n) is 2.01. The van der Waals surface area contributed by atoms with Gasteiger partial charge < -0.3 is 5.32 Å². The van der Waals surface area contributed by atoms with Crippen molar-refractivity contribution in [1.29, 1.82) is 0 Å². The average Bonchev–Trinajstić information content (AvgIpc) is 2.36. The molecule has 1 N–H and O–H groups in total. The first-order valence-electron chi connectivity index (χ1n) is 6.75. The third-order valence-electron chi connectivity index (χ3n) is 3.44. The van der Waals surface area contributed by atoms with Gasteiger partial charge in [-0.3, -0.25) is 0 Å². The molecule has 1 nitrogen and oxygen atoms in total. The molecule has 0 saturated carbocycles. The number of nitrogens with one attached hydrogen (secondary N) is 1.